The maximum Gasteiger partial charge on any atom is 0.356 e. The SMILES string of the molecule is COC(=O)c1[nH]c2cc(OC)ccc2c1NC(=O)CN1CCN(c2cccc(C)c2)[C@@H](C)C1. The second kappa shape index (κ2) is 9.54. The van der Waals surface area contributed by atoms with Gasteiger partial charge in [-0.3, -0.25) is 9.69 Å². The van der Waals surface area contributed by atoms with Crippen molar-refractivity contribution in [3.63, 3.8) is 0 Å². The first-order valence-corrected chi connectivity index (χ1v) is 11.0. The van der Waals surface area contributed by atoms with Crippen molar-refractivity contribution in [3.8, 4) is 5.75 Å². The van der Waals surface area contributed by atoms with Gasteiger partial charge in [-0.05, 0) is 43.7 Å². The van der Waals surface area contributed by atoms with Gasteiger partial charge >= 0.3 is 5.97 Å². The van der Waals surface area contributed by atoms with E-state index >= 15 is 0 Å². The summed E-state index contributed by atoms with van der Waals surface area (Å²) in [4.78, 5) is 32.8. The summed E-state index contributed by atoms with van der Waals surface area (Å²) in [6.07, 6.45) is 0. The highest BCUT2D eigenvalue weighted by Gasteiger charge is 2.26. The molecule has 8 heteroatoms. The van der Waals surface area contributed by atoms with E-state index in [-0.39, 0.29) is 24.2 Å². The van der Waals surface area contributed by atoms with Crippen LogP contribution in [0.2, 0.25) is 0 Å². The van der Waals surface area contributed by atoms with E-state index in [1.165, 1.54) is 18.4 Å². The Morgan fingerprint density at radius 3 is 2.67 bits per heavy atom. The fraction of sp³-hybridized carbons (Fsp3) is 0.360. The van der Waals surface area contributed by atoms with Gasteiger partial charge in [-0.25, -0.2) is 4.79 Å². The first-order chi connectivity index (χ1) is 15.9. The number of hydrogen-bond acceptors (Lipinski definition) is 6. The van der Waals surface area contributed by atoms with Crippen molar-refractivity contribution in [2.45, 2.75) is 19.9 Å². The minimum Gasteiger partial charge on any atom is -0.497 e. The predicted molar refractivity (Wildman–Crippen MR) is 129 cm³/mol. The Morgan fingerprint density at radius 1 is 1.15 bits per heavy atom. The van der Waals surface area contributed by atoms with Crippen molar-refractivity contribution in [2.75, 3.05) is 50.6 Å². The van der Waals surface area contributed by atoms with E-state index in [1.807, 2.05) is 6.07 Å². The number of piperazine rings is 1. The number of H-pyrrole nitrogens is 1. The lowest BCUT2D eigenvalue weighted by molar-refractivity contribution is -0.117. The molecule has 1 saturated heterocycles. The molecular weight excluding hydrogens is 420 g/mol. The van der Waals surface area contributed by atoms with Crippen LogP contribution in [0.15, 0.2) is 42.5 Å². The van der Waals surface area contributed by atoms with Crippen LogP contribution >= 0.6 is 0 Å². The molecule has 0 spiro atoms. The van der Waals surface area contributed by atoms with Crippen LogP contribution in [0.3, 0.4) is 0 Å². The normalized spacial score (nSPS) is 16.6. The van der Waals surface area contributed by atoms with Crippen molar-refractivity contribution >= 4 is 34.2 Å². The summed E-state index contributed by atoms with van der Waals surface area (Å²) in [6, 6.07) is 14.2. The molecule has 33 heavy (non-hydrogen) atoms. The Balaban J connectivity index is 1.46. The van der Waals surface area contributed by atoms with Crippen molar-refractivity contribution < 1.29 is 19.1 Å². The number of amides is 1. The Bertz CT molecular complexity index is 1170. The highest BCUT2D eigenvalue weighted by atomic mass is 16.5. The van der Waals surface area contributed by atoms with E-state index in [2.05, 4.69) is 58.2 Å². The first kappa shape index (κ1) is 22.7. The molecule has 1 aliphatic heterocycles. The minimum absolute atomic E-state index is 0.173. The lowest BCUT2D eigenvalue weighted by atomic mass is 10.1. The number of aromatic amines is 1. The highest BCUT2D eigenvalue weighted by molar-refractivity contribution is 6.11. The number of rotatable bonds is 6. The molecule has 0 saturated carbocycles. The second-order valence-corrected chi connectivity index (χ2v) is 8.44. The number of nitrogens with zero attached hydrogens (tertiary/aromatic N) is 2. The maximum absolute atomic E-state index is 13.0. The monoisotopic (exact) mass is 450 g/mol. The van der Waals surface area contributed by atoms with Crippen LogP contribution < -0.4 is 15.0 Å². The summed E-state index contributed by atoms with van der Waals surface area (Å²) in [5.74, 6) is -0.0626. The number of esters is 1. The number of anilines is 2. The summed E-state index contributed by atoms with van der Waals surface area (Å²) >= 11 is 0. The zero-order chi connectivity index (χ0) is 23.5. The predicted octanol–water partition coefficient (Wildman–Crippen LogP) is 3.42. The third kappa shape index (κ3) is 4.80. The molecule has 1 amide bonds. The van der Waals surface area contributed by atoms with Crippen LogP contribution in [0.5, 0.6) is 5.75 Å². The van der Waals surface area contributed by atoms with E-state index in [9.17, 15) is 9.59 Å². The highest BCUT2D eigenvalue weighted by Crippen LogP contribution is 2.31. The maximum atomic E-state index is 13.0. The Kier molecular flexibility index (Phi) is 6.55. The molecule has 3 aromatic rings. The van der Waals surface area contributed by atoms with Crippen molar-refractivity contribution in [2.24, 2.45) is 0 Å². The summed E-state index contributed by atoms with van der Waals surface area (Å²) in [5, 5.41) is 3.66. The Morgan fingerprint density at radius 2 is 1.97 bits per heavy atom. The zero-order valence-corrected chi connectivity index (χ0v) is 19.5. The molecule has 2 aromatic carbocycles. The molecule has 0 aliphatic carbocycles. The number of aryl methyl sites for hydroxylation is 1. The van der Waals surface area contributed by atoms with Crippen molar-refractivity contribution in [1.29, 1.82) is 0 Å². The van der Waals surface area contributed by atoms with E-state index < -0.39 is 5.97 Å². The summed E-state index contributed by atoms with van der Waals surface area (Å²) in [5.41, 5.74) is 3.77. The van der Waals surface area contributed by atoms with Crippen LogP contribution in [0.25, 0.3) is 10.9 Å². The fourth-order valence-corrected chi connectivity index (χ4v) is 4.44. The van der Waals surface area contributed by atoms with Gasteiger partial charge < -0.3 is 24.7 Å². The van der Waals surface area contributed by atoms with Crippen LogP contribution in [-0.4, -0.2) is 68.2 Å². The van der Waals surface area contributed by atoms with Crippen LogP contribution in [0.4, 0.5) is 11.4 Å². The van der Waals surface area contributed by atoms with Crippen molar-refractivity contribution in [3.05, 3.63) is 53.7 Å². The molecule has 0 bridgehead atoms. The molecule has 0 radical (unpaired) electrons. The second-order valence-electron chi connectivity index (χ2n) is 8.44. The number of fused-ring (bicyclic) bond motifs is 1. The first-order valence-electron chi connectivity index (χ1n) is 11.0. The average Bonchev–Trinajstić information content (AvgIpc) is 3.15. The number of nitrogens with one attached hydrogen (secondary N) is 2. The fourth-order valence-electron chi connectivity index (χ4n) is 4.44. The minimum atomic E-state index is -0.541. The summed E-state index contributed by atoms with van der Waals surface area (Å²) < 4.78 is 10.2. The Labute approximate surface area is 193 Å². The quantitative estimate of drug-likeness (QED) is 0.560. The van der Waals surface area contributed by atoms with Gasteiger partial charge in [-0.15, -0.1) is 0 Å². The smallest absolute Gasteiger partial charge is 0.356 e. The van der Waals surface area contributed by atoms with Gasteiger partial charge in [0, 0.05) is 42.8 Å². The number of carbonyl (C=O) groups is 2. The van der Waals surface area contributed by atoms with E-state index in [4.69, 9.17) is 9.47 Å². The number of carbonyl (C=O) groups excluding carboxylic acids is 2. The van der Waals surface area contributed by atoms with Gasteiger partial charge in [0.1, 0.15) is 11.4 Å². The lowest BCUT2D eigenvalue weighted by Crippen LogP contribution is -2.53. The molecule has 0 unspecified atom stereocenters. The van der Waals surface area contributed by atoms with E-state index in [0.29, 0.717) is 17.0 Å². The van der Waals surface area contributed by atoms with Crippen LogP contribution in [0, 0.1) is 6.92 Å². The number of aromatic nitrogens is 1. The molecule has 8 nitrogen and oxygen atoms in total. The third-order valence-electron chi connectivity index (χ3n) is 6.07. The molecule has 2 heterocycles. The number of hydrogen-bond donors (Lipinski definition) is 2. The van der Waals surface area contributed by atoms with Gasteiger partial charge in [0.25, 0.3) is 0 Å². The van der Waals surface area contributed by atoms with Gasteiger partial charge in [0.2, 0.25) is 5.91 Å². The molecule has 1 aromatic heterocycles. The lowest BCUT2D eigenvalue weighted by Gasteiger charge is -2.41. The van der Waals surface area contributed by atoms with Crippen molar-refractivity contribution in [1.82, 2.24) is 9.88 Å². The van der Waals surface area contributed by atoms with Gasteiger partial charge in [0.05, 0.1) is 32.0 Å². The van der Waals surface area contributed by atoms with E-state index in [0.717, 1.165) is 25.0 Å². The van der Waals surface area contributed by atoms with Gasteiger partial charge in [-0.2, -0.15) is 0 Å². The van der Waals surface area contributed by atoms with Crippen LogP contribution in [0.1, 0.15) is 23.0 Å². The summed E-state index contributed by atoms with van der Waals surface area (Å²) in [6.45, 7) is 6.91. The molecule has 4 rings (SSSR count). The van der Waals surface area contributed by atoms with Crippen LogP contribution in [-0.2, 0) is 9.53 Å². The average molecular weight is 451 g/mol. The molecule has 1 aliphatic rings. The van der Waals surface area contributed by atoms with E-state index in [1.54, 1.807) is 19.2 Å². The summed E-state index contributed by atoms with van der Waals surface area (Å²) in [7, 11) is 2.89. The molecule has 1 fully saturated rings. The Hall–Kier alpha value is -3.52. The zero-order valence-electron chi connectivity index (χ0n) is 19.5. The number of benzene rings is 2. The molecule has 1 atom stereocenters. The standard InChI is InChI=1S/C25H30N4O4/c1-16-6-5-7-18(12-16)29-11-10-28(14-17(29)2)15-22(30)27-23-20-9-8-19(32-3)13-21(20)26-24(23)25(31)33-4/h5-9,12-13,17,26H,10-11,14-15H2,1-4H3,(H,27,30)/t17-/m0/s1. The largest absolute Gasteiger partial charge is 0.497 e. The number of methoxy groups -OCH3 is 2. The van der Waals surface area contributed by atoms with Gasteiger partial charge in [-0.1, -0.05) is 12.1 Å². The molecule has 2 N–H and O–H groups in total. The molecular formula is C25H30N4O4. The topological polar surface area (TPSA) is 86.9 Å². The third-order valence-corrected chi connectivity index (χ3v) is 6.07. The number of ether oxygens (including phenoxy) is 2. The van der Waals surface area contributed by atoms with Gasteiger partial charge in [0.15, 0.2) is 0 Å². The molecule has 174 valence electrons.